The highest BCUT2D eigenvalue weighted by atomic mass is 16.3. The molecule has 0 aromatic carbocycles. The predicted molar refractivity (Wildman–Crippen MR) is 66.5 cm³/mol. The standard InChI is InChI=1S/C13H16N2O3/c16-12(7-6-10-4-3-9-18-10)15-11-5-1-2-8-14-13(11)17/h3-4,6-7,9,11H,1-2,5,8H2,(H,14,17)(H,15,16). The monoisotopic (exact) mass is 248 g/mol. The zero-order valence-electron chi connectivity index (χ0n) is 10.0. The SMILES string of the molecule is O=C(C=Cc1ccco1)NC1CCCCNC1=O. The first-order chi connectivity index (χ1) is 8.75. The molecule has 1 aromatic heterocycles. The summed E-state index contributed by atoms with van der Waals surface area (Å²) in [6, 6.07) is 3.07. The molecule has 96 valence electrons. The molecule has 2 rings (SSSR count). The molecule has 1 saturated heterocycles. The largest absolute Gasteiger partial charge is 0.465 e. The summed E-state index contributed by atoms with van der Waals surface area (Å²) >= 11 is 0. The van der Waals surface area contributed by atoms with E-state index in [-0.39, 0.29) is 11.8 Å². The predicted octanol–water partition coefficient (Wildman–Crippen LogP) is 1.08. The van der Waals surface area contributed by atoms with Crippen LogP contribution in [0.25, 0.3) is 6.08 Å². The van der Waals surface area contributed by atoms with Crippen molar-refractivity contribution in [3.8, 4) is 0 Å². The third-order valence-electron chi connectivity index (χ3n) is 2.79. The van der Waals surface area contributed by atoms with Crippen LogP contribution in [0.4, 0.5) is 0 Å². The zero-order chi connectivity index (χ0) is 12.8. The van der Waals surface area contributed by atoms with Crippen molar-refractivity contribution in [2.45, 2.75) is 25.3 Å². The van der Waals surface area contributed by atoms with E-state index in [9.17, 15) is 9.59 Å². The molecule has 1 fully saturated rings. The Morgan fingerprint density at radius 1 is 1.50 bits per heavy atom. The fourth-order valence-electron chi connectivity index (χ4n) is 1.84. The molecule has 1 aliphatic rings. The Morgan fingerprint density at radius 2 is 2.39 bits per heavy atom. The van der Waals surface area contributed by atoms with Crippen molar-refractivity contribution in [1.82, 2.24) is 10.6 Å². The molecule has 0 saturated carbocycles. The number of furan rings is 1. The van der Waals surface area contributed by atoms with Gasteiger partial charge in [0.05, 0.1) is 6.26 Å². The zero-order valence-corrected chi connectivity index (χ0v) is 10.0. The van der Waals surface area contributed by atoms with E-state index in [4.69, 9.17) is 4.42 Å². The molecule has 5 heteroatoms. The second-order valence-electron chi connectivity index (χ2n) is 4.20. The summed E-state index contributed by atoms with van der Waals surface area (Å²) in [5.41, 5.74) is 0. The van der Waals surface area contributed by atoms with Gasteiger partial charge in [0.25, 0.3) is 0 Å². The minimum atomic E-state index is -0.429. The highest BCUT2D eigenvalue weighted by molar-refractivity contribution is 5.95. The van der Waals surface area contributed by atoms with Crippen molar-refractivity contribution >= 4 is 17.9 Å². The lowest BCUT2D eigenvalue weighted by Gasteiger charge is -2.13. The molecule has 0 aliphatic carbocycles. The van der Waals surface area contributed by atoms with Gasteiger partial charge in [-0.15, -0.1) is 0 Å². The van der Waals surface area contributed by atoms with Gasteiger partial charge in [0.15, 0.2) is 0 Å². The minimum Gasteiger partial charge on any atom is -0.465 e. The molecule has 2 heterocycles. The van der Waals surface area contributed by atoms with Gasteiger partial charge in [-0.05, 0) is 37.5 Å². The lowest BCUT2D eigenvalue weighted by atomic mass is 10.1. The van der Waals surface area contributed by atoms with Gasteiger partial charge < -0.3 is 15.1 Å². The van der Waals surface area contributed by atoms with Crippen LogP contribution in [0.15, 0.2) is 28.9 Å². The Morgan fingerprint density at radius 3 is 3.17 bits per heavy atom. The van der Waals surface area contributed by atoms with E-state index in [1.54, 1.807) is 18.2 Å². The molecule has 0 spiro atoms. The van der Waals surface area contributed by atoms with Crippen molar-refractivity contribution in [3.05, 3.63) is 30.2 Å². The van der Waals surface area contributed by atoms with E-state index in [1.165, 1.54) is 12.3 Å². The molecular weight excluding hydrogens is 232 g/mol. The smallest absolute Gasteiger partial charge is 0.244 e. The van der Waals surface area contributed by atoms with Gasteiger partial charge in [-0.3, -0.25) is 9.59 Å². The van der Waals surface area contributed by atoms with Crippen molar-refractivity contribution < 1.29 is 14.0 Å². The summed E-state index contributed by atoms with van der Waals surface area (Å²) in [5, 5.41) is 5.46. The number of amides is 2. The number of hydrogen-bond acceptors (Lipinski definition) is 3. The van der Waals surface area contributed by atoms with Crippen molar-refractivity contribution in [3.63, 3.8) is 0 Å². The van der Waals surface area contributed by atoms with Crippen LogP contribution in [0.1, 0.15) is 25.0 Å². The van der Waals surface area contributed by atoms with E-state index < -0.39 is 6.04 Å². The second kappa shape index (κ2) is 6.05. The Bertz CT molecular complexity index is 437. The maximum absolute atomic E-state index is 11.6. The molecule has 1 aromatic rings. The van der Waals surface area contributed by atoms with Gasteiger partial charge in [0, 0.05) is 12.6 Å². The van der Waals surface area contributed by atoms with E-state index in [0.29, 0.717) is 18.7 Å². The number of rotatable bonds is 3. The van der Waals surface area contributed by atoms with Crippen LogP contribution in [-0.4, -0.2) is 24.4 Å². The first kappa shape index (κ1) is 12.4. The lowest BCUT2D eigenvalue weighted by Crippen LogP contribution is -2.44. The van der Waals surface area contributed by atoms with Gasteiger partial charge in [-0.1, -0.05) is 0 Å². The van der Waals surface area contributed by atoms with Gasteiger partial charge in [-0.25, -0.2) is 0 Å². The molecule has 1 aliphatic heterocycles. The number of nitrogens with one attached hydrogen (secondary N) is 2. The fraction of sp³-hybridized carbons (Fsp3) is 0.385. The lowest BCUT2D eigenvalue weighted by molar-refractivity contribution is -0.126. The van der Waals surface area contributed by atoms with Crippen molar-refractivity contribution in [2.24, 2.45) is 0 Å². The van der Waals surface area contributed by atoms with E-state index in [0.717, 1.165) is 12.8 Å². The van der Waals surface area contributed by atoms with Gasteiger partial charge >= 0.3 is 0 Å². The highest BCUT2D eigenvalue weighted by Crippen LogP contribution is 2.06. The van der Waals surface area contributed by atoms with Crippen LogP contribution >= 0.6 is 0 Å². The maximum Gasteiger partial charge on any atom is 0.244 e. The third-order valence-corrected chi connectivity index (χ3v) is 2.79. The van der Waals surface area contributed by atoms with Gasteiger partial charge in [-0.2, -0.15) is 0 Å². The Balaban J connectivity index is 1.88. The van der Waals surface area contributed by atoms with Crippen LogP contribution in [0.2, 0.25) is 0 Å². The average Bonchev–Trinajstić information content (AvgIpc) is 2.80. The summed E-state index contributed by atoms with van der Waals surface area (Å²) in [5.74, 6) is 0.219. The molecule has 18 heavy (non-hydrogen) atoms. The number of carbonyl (C=O) groups is 2. The van der Waals surface area contributed by atoms with Crippen molar-refractivity contribution in [2.75, 3.05) is 6.54 Å². The molecule has 0 radical (unpaired) electrons. The van der Waals surface area contributed by atoms with Crippen LogP contribution in [0.5, 0.6) is 0 Å². The van der Waals surface area contributed by atoms with Gasteiger partial charge in [0.2, 0.25) is 11.8 Å². The molecule has 0 bridgehead atoms. The summed E-state index contributed by atoms with van der Waals surface area (Å²) in [6.07, 6.45) is 7.06. The summed E-state index contributed by atoms with van der Waals surface area (Å²) in [4.78, 5) is 23.3. The molecule has 1 unspecified atom stereocenters. The quantitative estimate of drug-likeness (QED) is 0.786. The average molecular weight is 248 g/mol. The van der Waals surface area contributed by atoms with E-state index in [2.05, 4.69) is 10.6 Å². The molecule has 1 atom stereocenters. The molecule has 2 amide bonds. The summed E-state index contributed by atoms with van der Waals surface area (Å²) < 4.78 is 5.07. The van der Waals surface area contributed by atoms with Crippen LogP contribution in [0.3, 0.4) is 0 Å². The van der Waals surface area contributed by atoms with Crippen LogP contribution < -0.4 is 10.6 Å². The number of hydrogen-bond donors (Lipinski definition) is 2. The summed E-state index contributed by atoms with van der Waals surface area (Å²) in [7, 11) is 0. The van der Waals surface area contributed by atoms with Crippen molar-refractivity contribution in [1.29, 1.82) is 0 Å². The third kappa shape index (κ3) is 3.48. The fourth-order valence-corrected chi connectivity index (χ4v) is 1.84. The maximum atomic E-state index is 11.6. The molecular formula is C13H16N2O3. The van der Waals surface area contributed by atoms with Gasteiger partial charge in [0.1, 0.15) is 11.8 Å². The first-order valence-corrected chi connectivity index (χ1v) is 6.05. The van der Waals surface area contributed by atoms with E-state index in [1.807, 2.05) is 0 Å². The Hall–Kier alpha value is -2.04. The topological polar surface area (TPSA) is 71.3 Å². The minimum absolute atomic E-state index is 0.104. The molecule has 5 nitrogen and oxygen atoms in total. The summed E-state index contributed by atoms with van der Waals surface area (Å²) in [6.45, 7) is 0.688. The molecule has 2 N–H and O–H groups in total. The highest BCUT2D eigenvalue weighted by Gasteiger charge is 2.21. The normalized spacial score (nSPS) is 20.4. The second-order valence-corrected chi connectivity index (χ2v) is 4.20. The Labute approximate surface area is 105 Å². The number of carbonyl (C=O) groups excluding carboxylic acids is 2. The van der Waals surface area contributed by atoms with Crippen LogP contribution in [0, 0.1) is 0 Å². The van der Waals surface area contributed by atoms with Crippen LogP contribution in [-0.2, 0) is 9.59 Å². The Kier molecular flexibility index (Phi) is 4.17. The first-order valence-electron chi connectivity index (χ1n) is 6.05. The van der Waals surface area contributed by atoms with E-state index >= 15 is 0 Å².